The van der Waals surface area contributed by atoms with Crippen molar-refractivity contribution in [1.29, 1.82) is 0 Å². The Balaban J connectivity index is 1.60. The molecule has 0 N–H and O–H groups in total. The second-order valence-corrected chi connectivity index (χ2v) is 7.40. The molecule has 0 spiro atoms. The van der Waals surface area contributed by atoms with E-state index in [1.807, 2.05) is 55.5 Å². The standard InChI is InChI=1S/C24H30O5/c1-3-27-23(25)15-21-14-22(29-24(28-21)20-12-8-5-9-13-20)18(2)16-26-17-19-10-6-4-7-11-19/h4-13,18,21-22,24H,3,14-17H2,1-2H3/t18-,21+,22-,24?/m0/s1. The Morgan fingerprint density at radius 2 is 1.76 bits per heavy atom. The molecule has 1 heterocycles. The van der Waals surface area contributed by atoms with Gasteiger partial charge in [0.2, 0.25) is 0 Å². The maximum atomic E-state index is 12.0. The molecule has 0 amide bonds. The minimum absolute atomic E-state index is 0.0656. The number of carbonyl (C=O) groups is 1. The minimum Gasteiger partial charge on any atom is -0.466 e. The van der Waals surface area contributed by atoms with Crippen molar-refractivity contribution in [2.24, 2.45) is 5.92 Å². The lowest BCUT2D eigenvalue weighted by molar-refractivity contribution is -0.261. The topological polar surface area (TPSA) is 54.0 Å². The first-order valence-electron chi connectivity index (χ1n) is 10.3. The number of benzene rings is 2. The molecule has 3 rings (SSSR count). The summed E-state index contributed by atoms with van der Waals surface area (Å²) in [5, 5.41) is 0. The maximum absolute atomic E-state index is 12.0. The second kappa shape index (κ2) is 11.1. The van der Waals surface area contributed by atoms with Crippen molar-refractivity contribution in [3.63, 3.8) is 0 Å². The van der Waals surface area contributed by atoms with Crippen LogP contribution in [0.1, 0.15) is 44.1 Å². The van der Waals surface area contributed by atoms with Gasteiger partial charge in [0, 0.05) is 17.9 Å². The van der Waals surface area contributed by atoms with Crippen LogP contribution in [-0.4, -0.2) is 31.4 Å². The molecular formula is C24H30O5. The normalized spacial score (nSPS) is 22.8. The second-order valence-electron chi connectivity index (χ2n) is 7.40. The Bertz CT molecular complexity index is 733. The Morgan fingerprint density at radius 3 is 2.45 bits per heavy atom. The van der Waals surface area contributed by atoms with Crippen molar-refractivity contribution in [1.82, 2.24) is 0 Å². The molecule has 0 saturated carbocycles. The third-order valence-electron chi connectivity index (χ3n) is 5.01. The summed E-state index contributed by atoms with van der Waals surface area (Å²) < 4.78 is 23.4. The van der Waals surface area contributed by atoms with Crippen LogP contribution in [0.5, 0.6) is 0 Å². The van der Waals surface area contributed by atoms with Gasteiger partial charge in [-0.2, -0.15) is 0 Å². The van der Waals surface area contributed by atoms with E-state index in [1.54, 1.807) is 0 Å². The van der Waals surface area contributed by atoms with Gasteiger partial charge in [0.05, 0.1) is 38.4 Å². The van der Waals surface area contributed by atoms with Crippen LogP contribution in [-0.2, 0) is 30.3 Å². The number of hydrogen-bond acceptors (Lipinski definition) is 5. The number of ether oxygens (including phenoxy) is 4. The van der Waals surface area contributed by atoms with E-state index in [0.717, 1.165) is 11.1 Å². The fourth-order valence-electron chi connectivity index (χ4n) is 3.45. The Kier molecular flexibility index (Phi) is 8.23. The summed E-state index contributed by atoms with van der Waals surface area (Å²) in [7, 11) is 0. The Hall–Kier alpha value is -2.21. The lowest BCUT2D eigenvalue weighted by Crippen LogP contribution is -2.39. The average Bonchev–Trinajstić information content (AvgIpc) is 2.75. The molecule has 0 radical (unpaired) electrons. The summed E-state index contributed by atoms with van der Waals surface area (Å²) in [6, 6.07) is 19.9. The molecular weight excluding hydrogens is 368 g/mol. The quantitative estimate of drug-likeness (QED) is 0.575. The van der Waals surface area contributed by atoms with Gasteiger partial charge in [-0.15, -0.1) is 0 Å². The Morgan fingerprint density at radius 1 is 1.07 bits per heavy atom. The largest absolute Gasteiger partial charge is 0.466 e. The summed E-state index contributed by atoms with van der Waals surface area (Å²) in [5.41, 5.74) is 2.10. The van der Waals surface area contributed by atoms with Gasteiger partial charge in [-0.3, -0.25) is 4.79 Å². The van der Waals surface area contributed by atoms with Crippen molar-refractivity contribution in [3.8, 4) is 0 Å². The van der Waals surface area contributed by atoms with Gasteiger partial charge in [0.25, 0.3) is 0 Å². The number of carbonyl (C=O) groups excluding carboxylic acids is 1. The van der Waals surface area contributed by atoms with Gasteiger partial charge < -0.3 is 18.9 Å². The van der Waals surface area contributed by atoms with E-state index in [0.29, 0.717) is 26.2 Å². The van der Waals surface area contributed by atoms with Gasteiger partial charge in [0.15, 0.2) is 6.29 Å². The SMILES string of the molecule is CCOC(=O)C[C@H]1C[C@@H]([C@@H](C)COCc2ccccc2)OC(c2ccccc2)O1. The van der Waals surface area contributed by atoms with E-state index in [2.05, 4.69) is 19.1 Å². The summed E-state index contributed by atoms with van der Waals surface area (Å²) in [5.74, 6) is -0.0727. The summed E-state index contributed by atoms with van der Waals surface area (Å²) in [6.07, 6.45) is 0.0665. The summed E-state index contributed by atoms with van der Waals surface area (Å²) >= 11 is 0. The van der Waals surface area contributed by atoms with E-state index in [-0.39, 0.29) is 30.5 Å². The van der Waals surface area contributed by atoms with E-state index < -0.39 is 6.29 Å². The molecule has 0 aromatic heterocycles. The summed E-state index contributed by atoms with van der Waals surface area (Å²) in [6.45, 7) is 5.45. The molecule has 1 aliphatic rings. The maximum Gasteiger partial charge on any atom is 0.308 e. The lowest BCUT2D eigenvalue weighted by Gasteiger charge is -2.38. The number of rotatable bonds is 9. The average molecular weight is 398 g/mol. The highest BCUT2D eigenvalue weighted by Crippen LogP contribution is 2.34. The van der Waals surface area contributed by atoms with Gasteiger partial charge >= 0.3 is 5.97 Å². The first-order chi connectivity index (χ1) is 14.2. The first kappa shape index (κ1) is 21.5. The zero-order valence-electron chi connectivity index (χ0n) is 17.2. The smallest absolute Gasteiger partial charge is 0.308 e. The highest BCUT2D eigenvalue weighted by Gasteiger charge is 2.35. The van der Waals surface area contributed by atoms with E-state index >= 15 is 0 Å². The highest BCUT2D eigenvalue weighted by atomic mass is 16.7. The third-order valence-corrected chi connectivity index (χ3v) is 5.01. The minimum atomic E-state index is -0.494. The van der Waals surface area contributed by atoms with Crippen molar-refractivity contribution in [2.75, 3.05) is 13.2 Å². The molecule has 1 aliphatic heterocycles. The third kappa shape index (κ3) is 6.67. The van der Waals surface area contributed by atoms with E-state index in [1.165, 1.54) is 0 Å². The molecule has 0 aliphatic carbocycles. The van der Waals surface area contributed by atoms with Crippen LogP contribution in [0.3, 0.4) is 0 Å². The molecule has 156 valence electrons. The molecule has 1 saturated heterocycles. The van der Waals surface area contributed by atoms with Crippen LogP contribution in [0.2, 0.25) is 0 Å². The van der Waals surface area contributed by atoms with Crippen molar-refractivity contribution in [2.45, 2.75) is 51.8 Å². The predicted octanol–water partition coefficient (Wildman–Crippen LogP) is 4.67. The molecule has 5 nitrogen and oxygen atoms in total. The molecule has 2 aromatic rings. The summed E-state index contributed by atoms with van der Waals surface area (Å²) in [4.78, 5) is 12.0. The van der Waals surface area contributed by atoms with Gasteiger partial charge in [-0.25, -0.2) is 0 Å². The first-order valence-corrected chi connectivity index (χ1v) is 10.3. The molecule has 4 atom stereocenters. The van der Waals surface area contributed by atoms with Crippen LogP contribution >= 0.6 is 0 Å². The fraction of sp³-hybridized carbons (Fsp3) is 0.458. The highest BCUT2D eigenvalue weighted by molar-refractivity contribution is 5.69. The van der Waals surface area contributed by atoms with Crippen molar-refractivity contribution < 1.29 is 23.7 Å². The number of esters is 1. The van der Waals surface area contributed by atoms with Crippen molar-refractivity contribution >= 4 is 5.97 Å². The molecule has 0 bridgehead atoms. The predicted molar refractivity (Wildman–Crippen MR) is 110 cm³/mol. The van der Waals surface area contributed by atoms with E-state index in [4.69, 9.17) is 18.9 Å². The monoisotopic (exact) mass is 398 g/mol. The van der Waals surface area contributed by atoms with Crippen LogP contribution in [0.15, 0.2) is 60.7 Å². The van der Waals surface area contributed by atoms with Gasteiger partial charge in [-0.1, -0.05) is 67.6 Å². The van der Waals surface area contributed by atoms with Gasteiger partial charge in [0.1, 0.15) is 0 Å². The lowest BCUT2D eigenvalue weighted by atomic mass is 9.96. The molecule has 1 unspecified atom stereocenters. The zero-order valence-corrected chi connectivity index (χ0v) is 17.2. The molecule has 1 fully saturated rings. The molecule has 29 heavy (non-hydrogen) atoms. The van der Waals surface area contributed by atoms with Crippen LogP contribution < -0.4 is 0 Å². The zero-order chi connectivity index (χ0) is 20.5. The number of hydrogen-bond donors (Lipinski definition) is 0. The Labute approximate surface area is 172 Å². The molecule has 5 heteroatoms. The van der Waals surface area contributed by atoms with Crippen LogP contribution in [0.4, 0.5) is 0 Å². The molecule has 2 aromatic carbocycles. The van der Waals surface area contributed by atoms with Gasteiger partial charge in [-0.05, 0) is 12.5 Å². The van der Waals surface area contributed by atoms with Crippen LogP contribution in [0, 0.1) is 5.92 Å². The van der Waals surface area contributed by atoms with E-state index in [9.17, 15) is 4.79 Å². The fourth-order valence-corrected chi connectivity index (χ4v) is 3.45. The van der Waals surface area contributed by atoms with Crippen LogP contribution in [0.25, 0.3) is 0 Å². The van der Waals surface area contributed by atoms with Crippen molar-refractivity contribution in [3.05, 3.63) is 71.8 Å².